The molecule has 0 aliphatic heterocycles. The summed E-state index contributed by atoms with van der Waals surface area (Å²) in [5.74, 6) is -0.969. The van der Waals surface area contributed by atoms with E-state index in [1.165, 1.54) is 77.0 Å². The Kier molecular flexibility index (Phi) is 51.5. The molecule has 0 spiro atoms. The van der Waals surface area contributed by atoms with E-state index in [9.17, 15) is 14.4 Å². The van der Waals surface area contributed by atoms with Crippen LogP contribution in [0.25, 0.3) is 0 Å². The average Bonchev–Trinajstić information content (AvgIpc) is 3.33. The molecule has 6 nitrogen and oxygen atoms in total. The molecule has 0 aromatic heterocycles. The second kappa shape index (κ2) is 54.7. The summed E-state index contributed by atoms with van der Waals surface area (Å²) in [4.78, 5) is 38.0. The number of hydrogen-bond acceptors (Lipinski definition) is 6. The zero-order valence-electron chi connectivity index (χ0n) is 43.4. The largest absolute Gasteiger partial charge is 0.462 e. The number of hydrogen-bond donors (Lipinski definition) is 0. The molecule has 0 radical (unpaired) electrons. The van der Waals surface area contributed by atoms with E-state index in [0.717, 1.165) is 122 Å². The summed E-state index contributed by atoms with van der Waals surface area (Å²) in [6.07, 6.45) is 73.6. The molecule has 0 aromatic rings. The van der Waals surface area contributed by atoms with Gasteiger partial charge in [0.05, 0.1) is 0 Å². The van der Waals surface area contributed by atoms with E-state index >= 15 is 0 Å². The van der Waals surface area contributed by atoms with Gasteiger partial charge in [-0.25, -0.2) is 0 Å². The lowest BCUT2D eigenvalue weighted by Gasteiger charge is -2.18. The van der Waals surface area contributed by atoms with Gasteiger partial charge < -0.3 is 14.2 Å². The lowest BCUT2D eigenvalue weighted by atomic mass is 10.1. The van der Waals surface area contributed by atoms with Gasteiger partial charge in [0.15, 0.2) is 6.10 Å². The second-order valence-corrected chi connectivity index (χ2v) is 17.8. The maximum atomic E-state index is 12.8. The van der Waals surface area contributed by atoms with Crippen molar-refractivity contribution >= 4 is 17.9 Å². The molecule has 0 unspecified atom stereocenters. The fraction of sp³-hybridized carbons (Fsp3) is 0.656. The Morgan fingerprint density at radius 2 is 0.582 bits per heavy atom. The summed E-state index contributed by atoms with van der Waals surface area (Å²) in [7, 11) is 0. The number of esters is 3. The molecule has 0 rings (SSSR count). The van der Waals surface area contributed by atoms with Crippen molar-refractivity contribution < 1.29 is 28.6 Å². The molecule has 0 aromatic carbocycles. The SMILES string of the molecule is CC/C=C\C/C=C\C/C=C\C/C=C\C/C=C\CCCCCC(=O)OC[C@H](COC(=O)CCCCCCCCCCCCC)OC(=O)CCCCC/C=C\C/C=C\C/C=C\C/C=C\CCCCC. The third kappa shape index (κ3) is 52.9. The molecule has 0 saturated heterocycles. The molecule has 67 heavy (non-hydrogen) atoms. The molecule has 0 heterocycles. The molecular weight excluding hydrogens is 829 g/mol. The van der Waals surface area contributed by atoms with Crippen molar-refractivity contribution in [3.8, 4) is 0 Å². The number of carbonyl (C=O) groups is 3. The van der Waals surface area contributed by atoms with Crippen LogP contribution in [0, 0.1) is 0 Å². The van der Waals surface area contributed by atoms with Crippen LogP contribution in [-0.4, -0.2) is 37.2 Å². The molecule has 380 valence electrons. The van der Waals surface area contributed by atoms with Crippen molar-refractivity contribution in [3.63, 3.8) is 0 Å². The van der Waals surface area contributed by atoms with Crippen LogP contribution in [0.3, 0.4) is 0 Å². The highest BCUT2D eigenvalue weighted by Crippen LogP contribution is 2.14. The zero-order valence-corrected chi connectivity index (χ0v) is 43.4. The molecular formula is C61H100O6. The first-order valence-corrected chi connectivity index (χ1v) is 27.4. The average molecular weight is 929 g/mol. The second-order valence-electron chi connectivity index (χ2n) is 17.8. The zero-order chi connectivity index (χ0) is 48.6. The van der Waals surface area contributed by atoms with Gasteiger partial charge in [-0.15, -0.1) is 0 Å². The van der Waals surface area contributed by atoms with Gasteiger partial charge in [0.25, 0.3) is 0 Å². The minimum Gasteiger partial charge on any atom is -0.462 e. The highest BCUT2D eigenvalue weighted by molar-refractivity contribution is 5.71. The fourth-order valence-electron chi connectivity index (χ4n) is 7.16. The van der Waals surface area contributed by atoms with E-state index in [2.05, 4.69) is 130 Å². The predicted molar refractivity (Wildman–Crippen MR) is 288 cm³/mol. The van der Waals surface area contributed by atoms with Crippen molar-refractivity contribution in [2.24, 2.45) is 0 Å². The number of carbonyl (C=O) groups excluding carboxylic acids is 3. The highest BCUT2D eigenvalue weighted by atomic mass is 16.6. The van der Waals surface area contributed by atoms with Gasteiger partial charge in [-0.1, -0.05) is 220 Å². The minimum atomic E-state index is -0.809. The van der Waals surface area contributed by atoms with E-state index < -0.39 is 6.10 Å². The number of rotatable bonds is 48. The Balaban J connectivity index is 4.50. The predicted octanol–water partition coefficient (Wildman–Crippen LogP) is 18.3. The van der Waals surface area contributed by atoms with Crippen LogP contribution < -0.4 is 0 Å². The van der Waals surface area contributed by atoms with Gasteiger partial charge in [0.1, 0.15) is 13.2 Å². The quantitative estimate of drug-likeness (QED) is 0.0262. The third-order valence-corrected chi connectivity index (χ3v) is 11.3. The van der Waals surface area contributed by atoms with Gasteiger partial charge in [-0.2, -0.15) is 0 Å². The maximum Gasteiger partial charge on any atom is 0.306 e. The third-order valence-electron chi connectivity index (χ3n) is 11.3. The van der Waals surface area contributed by atoms with Gasteiger partial charge in [-0.05, 0) is 109 Å². The van der Waals surface area contributed by atoms with Crippen LogP contribution in [0.15, 0.2) is 109 Å². The number of unbranched alkanes of at least 4 members (excludes halogenated alkanes) is 19. The highest BCUT2D eigenvalue weighted by Gasteiger charge is 2.19. The smallest absolute Gasteiger partial charge is 0.306 e. The van der Waals surface area contributed by atoms with Crippen LogP contribution in [0.4, 0.5) is 0 Å². The molecule has 0 bridgehead atoms. The Morgan fingerprint density at radius 3 is 0.940 bits per heavy atom. The summed E-state index contributed by atoms with van der Waals surface area (Å²) in [5.41, 5.74) is 0. The molecule has 0 fully saturated rings. The first-order valence-electron chi connectivity index (χ1n) is 27.4. The van der Waals surface area contributed by atoms with Crippen molar-refractivity contribution in [2.45, 2.75) is 245 Å². The molecule has 6 heteroatoms. The molecule has 0 aliphatic rings. The van der Waals surface area contributed by atoms with E-state index in [4.69, 9.17) is 14.2 Å². The summed E-state index contributed by atoms with van der Waals surface area (Å²) in [6, 6.07) is 0. The molecule has 0 aliphatic carbocycles. The number of ether oxygens (including phenoxy) is 3. The monoisotopic (exact) mass is 929 g/mol. The topological polar surface area (TPSA) is 78.9 Å². The van der Waals surface area contributed by atoms with Gasteiger partial charge in [-0.3, -0.25) is 14.4 Å². The fourth-order valence-corrected chi connectivity index (χ4v) is 7.16. The minimum absolute atomic E-state index is 0.102. The van der Waals surface area contributed by atoms with Crippen molar-refractivity contribution in [3.05, 3.63) is 109 Å². The van der Waals surface area contributed by atoms with Crippen LogP contribution in [0.2, 0.25) is 0 Å². The van der Waals surface area contributed by atoms with Crippen LogP contribution in [-0.2, 0) is 28.6 Å². The standard InChI is InChI=1S/C61H100O6/c1-4-7-10-13-16-19-22-24-26-28-30-32-34-36-39-42-45-48-51-54-60(63)66-57-58(56-65-59(62)53-50-47-44-41-38-21-18-15-12-9-6-3)67-61(64)55-52-49-46-43-40-37-35-33-31-29-27-25-23-20-17-14-11-8-5-2/h7,10,16-17,19-20,24-27,30-33,36-37,39-40,58H,4-6,8-9,11-15,18,21-23,28-29,34-35,38,41-57H2,1-3H3/b10-7-,19-16-,20-17-,26-24-,27-25-,32-30-,33-31-,39-36-,40-37-/t58-/m0/s1. The molecule has 0 saturated carbocycles. The Hall–Kier alpha value is -3.93. The van der Waals surface area contributed by atoms with Crippen LogP contribution >= 0.6 is 0 Å². The summed E-state index contributed by atoms with van der Waals surface area (Å²) in [5, 5.41) is 0. The van der Waals surface area contributed by atoms with E-state index in [0.29, 0.717) is 12.8 Å². The summed E-state index contributed by atoms with van der Waals surface area (Å²) < 4.78 is 16.8. The lowest BCUT2D eigenvalue weighted by molar-refractivity contribution is -0.167. The van der Waals surface area contributed by atoms with E-state index in [-0.39, 0.29) is 37.5 Å². The lowest BCUT2D eigenvalue weighted by Crippen LogP contribution is -2.30. The number of allylic oxidation sites excluding steroid dienone is 18. The summed E-state index contributed by atoms with van der Waals surface area (Å²) in [6.45, 7) is 6.43. The van der Waals surface area contributed by atoms with Gasteiger partial charge in [0.2, 0.25) is 0 Å². The van der Waals surface area contributed by atoms with E-state index in [1.54, 1.807) is 0 Å². The first-order chi connectivity index (χ1) is 33.0. The first kappa shape index (κ1) is 63.1. The molecule has 0 N–H and O–H groups in total. The van der Waals surface area contributed by atoms with Gasteiger partial charge >= 0.3 is 17.9 Å². The normalized spacial score (nSPS) is 12.9. The van der Waals surface area contributed by atoms with Crippen LogP contribution in [0.1, 0.15) is 239 Å². The summed E-state index contributed by atoms with van der Waals surface area (Å²) >= 11 is 0. The maximum absolute atomic E-state index is 12.8. The molecule has 1 atom stereocenters. The van der Waals surface area contributed by atoms with Crippen molar-refractivity contribution in [1.29, 1.82) is 0 Å². The van der Waals surface area contributed by atoms with Crippen molar-refractivity contribution in [2.75, 3.05) is 13.2 Å². The Morgan fingerprint density at radius 1 is 0.313 bits per heavy atom. The van der Waals surface area contributed by atoms with Gasteiger partial charge in [0, 0.05) is 19.3 Å². The van der Waals surface area contributed by atoms with E-state index in [1.807, 2.05) is 0 Å². The Labute approximate surface area is 412 Å². The van der Waals surface area contributed by atoms with Crippen molar-refractivity contribution in [1.82, 2.24) is 0 Å². The van der Waals surface area contributed by atoms with Crippen LogP contribution in [0.5, 0.6) is 0 Å². The Bertz CT molecular complexity index is 1390. The molecule has 0 amide bonds.